The third kappa shape index (κ3) is 2.88. The van der Waals surface area contributed by atoms with Crippen LogP contribution in [-0.4, -0.2) is 34.9 Å². The predicted octanol–water partition coefficient (Wildman–Crippen LogP) is 0.976. The quantitative estimate of drug-likeness (QED) is 0.730. The number of aliphatic carboxylic acids is 1. The monoisotopic (exact) mass is 237 g/mol. The molecule has 1 saturated heterocycles. The molecule has 0 saturated carbocycles. The van der Waals surface area contributed by atoms with Crippen molar-refractivity contribution in [3.8, 4) is 11.5 Å². The van der Waals surface area contributed by atoms with Gasteiger partial charge in [-0.3, -0.25) is 4.79 Å². The smallest absolute Gasteiger partial charge is 0.320 e. The van der Waals surface area contributed by atoms with Gasteiger partial charge < -0.3 is 20.3 Å². The van der Waals surface area contributed by atoms with Gasteiger partial charge in [0, 0.05) is 6.42 Å². The van der Waals surface area contributed by atoms with Crippen molar-refractivity contribution in [1.82, 2.24) is 5.32 Å². The number of carbonyl (C=O) groups is 1. The van der Waals surface area contributed by atoms with Crippen molar-refractivity contribution in [3.63, 3.8) is 0 Å². The molecule has 0 aliphatic carbocycles. The minimum atomic E-state index is -0.865. The molecular weight excluding hydrogens is 222 g/mol. The first kappa shape index (κ1) is 11.7. The Kier molecular flexibility index (Phi) is 3.49. The molecule has 2 atom stereocenters. The number of rotatable bonds is 3. The molecule has 1 aliphatic rings. The fourth-order valence-corrected chi connectivity index (χ4v) is 1.91. The second kappa shape index (κ2) is 5.05. The Morgan fingerprint density at radius 3 is 2.88 bits per heavy atom. The molecule has 1 aromatic carbocycles. The number of carboxylic acids is 1. The van der Waals surface area contributed by atoms with Gasteiger partial charge in [-0.25, -0.2) is 0 Å². The van der Waals surface area contributed by atoms with Gasteiger partial charge >= 0.3 is 5.97 Å². The second-order valence-electron chi connectivity index (χ2n) is 4.08. The lowest BCUT2D eigenvalue weighted by atomic mass is 10.0. The number of piperidine rings is 1. The number of benzene rings is 1. The molecule has 2 rings (SSSR count). The zero-order valence-corrected chi connectivity index (χ0v) is 9.30. The van der Waals surface area contributed by atoms with Crippen molar-refractivity contribution in [2.75, 3.05) is 6.54 Å². The van der Waals surface area contributed by atoms with Crippen LogP contribution in [0.2, 0.25) is 0 Å². The fraction of sp³-hybridized carbons (Fsp3) is 0.417. The number of phenolic OH excluding ortho intramolecular Hbond substituents is 1. The van der Waals surface area contributed by atoms with Crippen LogP contribution in [-0.2, 0) is 4.79 Å². The van der Waals surface area contributed by atoms with Crippen LogP contribution < -0.4 is 10.1 Å². The van der Waals surface area contributed by atoms with Gasteiger partial charge in [0.2, 0.25) is 0 Å². The van der Waals surface area contributed by atoms with E-state index in [1.54, 1.807) is 24.3 Å². The van der Waals surface area contributed by atoms with E-state index in [2.05, 4.69) is 5.32 Å². The topological polar surface area (TPSA) is 78.8 Å². The third-order valence-corrected chi connectivity index (χ3v) is 2.81. The number of ether oxygens (including phenoxy) is 1. The van der Waals surface area contributed by atoms with Gasteiger partial charge in [0.05, 0.1) is 0 Å². The lowest BCUT2D eigenvalue weighted by Gasteiger charge is -2.28. The molecule has 1 aliphatic heterocycles. The number of phenols is 1. The lowest BCUT2D eigenvalue weighted by Crippen LogP contribution is -2.46. The van der Waals surface area contributed by atoms with Crippen LogP contribution in [0.5, 0.6) is 11.5 Å². The van der Waals surface area contributed by atoms with Crippen LogP contribution in [0.1, 0.15) is 12.8 Å². The van der Waals surface area contributed by atoms with Crippen molar-refractivity contribution in [3.05, 3.63) is 24.3 Å². The summed E-state index contributed by atoms with van der Waals surface area (Å²) in [4.78, 5) is 10.9. The van der Waals surface area contributed by atoms with Crippen LogP contribution in [0.25, 0.3) is 0 Å². The molecule has 92 valence electrons. The van der Waals surface area contributed by atoms with Crippen molar-refractivity contribution in [1.29, 1.82) is 0 Å². The Hall–Kier alpha value is -1.75. The SMILES string of the molecule is O=C(O)C1CC(Oc2ccccc2O)CCN1. The van der Waals surface area contributed by atoms with Crippen molar-refractivity contribution in [2.45, 2.75) is 25.0 Å². The average Bonchev–Trinajstić information content (AvgIpc) is 2.32. The van der Waals surface area contributed by atoms with Crippen molar-refractivity contribution >= 4 is 5.97 Å². The molecule has 0 aromatic heterocycles. The summed E-state index contributed by atoms with van der Waals surface area (Å²) in [5.41, 5.74) is 0. The predicted molar refractivity (Wildman–Crippen MR) is 61.2 cm³/mol. The third-order valence-electron chi connectivity index (χ3n) is 2.81. The summed E-state index contributed by atoms with van der Waals surface area (Å²) in [6.07, 6.45) is 0.965. The summed E-state index contributed by atoms with van der Waals surface area (Å²) < 4.78 is 5.61. The van der Waals surface area contributed by atoms with E-state index in [4.69, 9.17) is 9.84 Å². The minimum Gasteiger partial charge on any atom is -0.504 e. The molecule has 0 amide bonds. The van der Waals surface area contributed by atoms with E-state index in [0.29, 0.717) is 18.7 Å². The van der Waals surface area contributed by atoms with E-state index in [1.165, 1.54) is 0 Å². The second-order valence-corrected chi connectivity index (χ2v) is 4.08. The van der Waals surface area contributed by atoms with Crippen molar-refractivity contribution < 1.29 is 19.7 Å². The number of hydrogen-bond acceptors (Lipinski definition) is 4. The van der Waals surface area contributed by atoms with Gasteiger partial charge in [0.15, 0.2) is 11.5 Å². The highest BCUT2D eigenvalue weighted by molar-refractivity contribution is 5.73. The summed E-state index contributed by atoms with van der Waals surface area (Å²) in [5.74, 6) is -0.378. The first-order valence-corrected chi connectivity index (χ1v) is 5.57. The maximum absolute atomic E-state index is 10.9. The number of para-hydroxylation sites is 2. The van der Waals surface area contributed by atoms with E-state index >= 15 is 0 Å². The number of aromatic hydroxyl groups is 1. The molecule has 1 fully saturated rings. The summed E-state index contributed by atoms with van der Waals surface area (Å²) in [5, 5.41) is 21.4. The number of nitrogens with one attached hydrogen (secondary N) is 1. The normalized spacial score (nSPS) is 24.2. The van der Waals surface area contributed by atoms with E-state index < -0.39 is 12.0 Å². The van der Waals surface area contributed by atoms with Gasteiger partial charge in [-0.15, -0.1) is 0 Å². The summed E-state index contributed by atoms with van der Waals surface area (Å²) in [6.45, 7) is 0.606. The maximum Gasteiger partial charge on any atom is 0.320 e. The highest BCUT2D eigenvalue weighted by Crippen LogP contribution is 2.27. The van der Waals surface area contributed by atoms with Crippen LogP contribution in [0.4, 0.5) is 0 Å². The van der Waals surface area contributed by atoms with E-state index in [9.17, 15) is 9.90 Å². The Morgan fingerprint density at radius 1 is 1.41 bits per heavy atom. The first-order valence-electron chi connectivity index (χ1n) is 5.57. The zero-order valence-electron chi connectivity index (χ0n) is 9.30. The van der Waals surface area contributed by atoms with Crippen LogP contribution in [0.3, 0.4) is 0 Å². The molecule has 1 heterocycles. The fourth-order valence-electron chi connectivity index (χ4n) is 1.91. The standard InChI is InChI=1S/C12H15NO4/c14-10-3-1-2-4-11(10)17-8-5-6-13-9(7-8)12(15)16/h1-4,8-9,13-14H,5-7H2,(H,15,16). The number of hydrogen-bond donors (Lipinski definition) is 3. The van der Waals surface area contributed by atoms with Crippen LogP contribution in [0.15, 0.2) is 24.3 Å². The van der Waals surface area contributed by atoms with E-state index in [1.807, 2.05) is 0 Å². The van der Waals surface area contributed by atoms with E-state index in [0.717, 1.165) is 6.42 Å². The van der Waals surface area contributed by atoms with Gasteiger partial charge in [0.25, 0.3) is 0 Å². The highest BCUT2D eigenvalue weighted by atomic mass is 16.5. The first-order chi connectivity index (χ1) is 8.16. The van der Waals surface area contributed by atoms with E-state index in [-0.39, 0.29) is 11.9 Å². The molecule has 2 unspecified atom stereocenters. The van der Waals surface area contributed by atoms with Gasteiger partial charge in [-0.05, 0) is 25.1 Å². The summed E-state index contributed by atoms with van der Waals surface area (Å²) in [6, 6.07) is 6.13. The Morgan fingerprint density at radius 2 is 2.18 bits per heavy atom. The molecule has 5 nitrogen and oxygen atoms in total. The van der Waals surface area contributed by atoms with Crippen molar-refractivity contribution in [2.24, 2.45) is 0 Å². The molecule has 17 heavy (non-hydrogen) atoms. The van der Waals surface area contributed by atoms with Crippen LogP contribution in [0, 0.1) is 0 Å². The molecule has 0 radical (unpaired) electrons. The maximum atomic E-state index is 10.9. The molecule has 0 spiro atoms. The van der Waals surface area contributed by atoms with Gasteiger partial charge in [-0.2, -0.15) is 0 Å². The minimum absolute atomic E-state index is 0.0814. The molecular formula is C12H15NO4. The lowest BCUT2D eigenvalue weighted by molar-refractivity contribution is -0.140. The Balaban J connectivity index is 1.99. The summed E-state index contributed by atoms with van der Waals surface area (Å²) in [7, 11) is 0. The molecule has 0 bridgehead atoms. The van der Waals surface area contributed by atoms with Gasteiger partial charge in [0.1, 0.15) is 12.1 Å². The zero-order chi connectivity index (χ0) is 12.3. The molecule has 5 heteroatoms. The van der Waals surface area contributed by atoms with Gasteiger partial charge in [-0.1, -0.05) is 12.1 Å². The average molecular weight is 237 g/mol. The number of carboxylic acid groups (broad SMARTS) is 1. The molecule has 3 N–H and O–H groups in total. The summed E-state index contributed by atoms with van der Waals surface area (Å²) >= 11 is 0. The Labute approximate surface area is 99.0 Å². The largest absolute Gasteiger partial charge is 0.504 e. The van der Waals surface area contributed by atoms with Crippen LogP contribution >= 0.6 is 0 Å². The highest BCUT2D eigenvalue weighted by Gasteiger charge is 2.27. The molecule has 1 aromatic rings. The Bertz CT molecular complexity index is 407.